The largest absolute Gasteiger partial charge is 0.481 e. The average molecular weight is 297 g/mol. The number of urea groups is 1. The summed E-state index contributed by atoms with van der Waals surface area (Å²) in [6, 6.07) is -0.120. The van der Waals surface area contributed by atoms with Crippen LogP contribution in [-0.2, 0) is 4.79 Å². The minimum Gasteiger partial charge on any atom is -0.481 e. The van der Waals surface area contributed by atoms with Crippen molar-refractivity contribution in [2.24, 2.45) is 17.3 Å². The lowest BCUT2D eigenvalue weighted by molar-refractivity contribution is -0.142. The molecule has 2 aliphatic rings. The summed E-state index contributed by atoms with van der Waals surface area (Å²) in [5.74, 6) is -1.22. The first kappa shape index (κ1) is 16.1. The van der Waals surface area contributed by atoms with E-state index in [0.29, 0.717) is 19.6 Å². The molecule has 0 saturated carbocycles. The highest BCUT2D eigenvalue weighted by Gasteiger charge is 2.37. The molecule has 120 valence electrons. The predicted octanol–water partition coefficient (Wildman–Crippen LogP) is 1.08. The zero-order valence-electron chi connectivity index (χ0n) is 13.3. The van der Waals surface area contributed by atoms with Gasteiger partial charge in [0.25, 0.3) is 0 Å². The summed E-state index contributed by atoms with van der Waals surface area (Å²) in [7, 11) is 2.12. The maximum absolute atomic E-state index is 12.2. The van der Waals surface area contributed by atoms with E-state index in [-0.39, 0.29) is 17.4 Å². The van der Waals surface area contributed by atoms with Gasteiger partial charge in [-0.1, -0.05) is 13.8 Å². The second-order valence-electron chi connectivity index (χ2n) is 7.10. The Labute approximate surface area is 126 Å². The molecule has 2 N–H and O–H groups in total. The number of nitrogens with zero attached hydrogens (tertiary/aromatic N) is 2. The number of rotatable bonds is 3. The zero-order chi connectivity index (χ0) is 15.6. The molecular formula is C15H27N3O3. The normalized spacial score (nSPS) is 29.4. The number of carboxylic acid groups (broad SMARTS) is 1. The summed E-state index contributed by atoms with van der Waals surface area (Å²) in [5.41, 5.74) is 0.152. The Bertz CT molecular complexity index is 405. The van der Waals surface area contributed by atoms with E-state index in [1.807, 2.05) is 6.92 Å². The molecule has 2 amide bonds. The highest BCUT2D eigenvalue weighted by atomic mass is 16.4. The van der Waals surface area contributed by atoms with Gasteiger partial charge in [-0.2, -0.15) is 0 Å². The van der Waals surface area contributed by atoms with Crippen LogP contribution in [0.1, 0.15) is 26.7 Å². The van der Waals surface area contributed by atoms with Crippen molar-refractivity contribution in [2.75, 3.05) is 39.8 Å². The van der Waals surface area contributed by atoms with Gasteiger partial charge in [0.15, 0.2) is 0 Å². The molecule has 2 atom stereocenters. The van der Waals surface area contributed by atoms with Crippen molar-refractivity contribution in [1.82, 2.24) is 15.1 Å². The molecule has 0 radical (unpaired) electrons. The second-order valence-corrected chi connectivity index (χ2v) is 7.10. The fraction of sp³-hybridized carbons (Fsp3) is 0.867. The van der Waals surface area contributed by atoms with Gasteiger partial charge < -0.3 is 20.2 Å². The van der Waals surface area contributed by atoms with Crippen molar-refractivity contribution in [3.05, 3.63) is 0 Å². The molecule has 6 heteroatoms. The lowest BCUT2D eigenvalue weighted by Crippen LogP contribution is -2.47. The zero-order valence-corrected chi connectivity index (χ0v) is 13.3. The molecular weight excluding hydrogens is 270 g/mol. The van der Waals surface area contributed by atoms with Crippen LogP contribution in [0.2, 0.25) is 0 Å². The minimum absolute atomic E-state index is 0.0205. The molecule has 0 bridgehead atoms. The van der Waals surface area contributed by atoms with Crippen molar-refractivity contribution >= 4 is 12.0 Å². The molecule has 2 unspecified atom stereocenters. The Morgan fingerprint density at radius 3 is 2.43 bits per heavy atom. The summed E-state index contributed by atoms with van der Waals surface area (Å²) in [4.78, 5) is 27.3. The first-order valence-electron chi connectivity index (χ1n) is 7.75. The predicted molar refractivity (Wildman–Crippen MR) is 80.1 cm³/mol. The number of hydrogen-bond acceptors (Lipinski definition) is 3. The third kappa shape index (κ3) is 3.87. The van der Waals surface area contributed by atoms with Crippen LogP contribution in [0.5, 0.6) is 0 Å². The number of nitrogens with one attached hydrogen (secondary N) is 1. The maximum atomic E-state index is 12.2. The second kappa shape index (κ2) is 6.22. The van der Waals surface area contributed by atoms with E-state index in [1.165, 1.54) is 0 Å². The van der Waals surface area contributed by atoms with Gasteiger partial charge in [0.1, 0.15) is 0 Å². The summed E-state index contributed by atoms with van der Waals surface area (Å²) < 4.78 is 0. The molecule has 2 saturated heterocycles. The standard InChI is InChI=1S/C15H27N3O3/c1-11-8-18(9-12(11)13(19)20)14(21)16-10-15(2)4-6-17(3)7-5-15/h11-12H,4-10H2,1-3H3,(H,16,21)(H,19,20). The summed E-state index contributed by atoms with van der Waals surface area (Å²) in [5, 5.41) is 12.1. The van der Waals surface area contributed by atoms with Crippen molar-refractivity contribution < 1.29 is 14.7 Å². The van der Waals surface area contributed by atoms with Gasteiger partial charge in [0, 0.05) is 19.6 Å². The van der Waals surface area contributed by atoms with Gasteiger partial charge in [0.2, 0.25) is 0 Å². The number of hydrogen-bond donors (Lipinski definition) is 2. The van der Waals surface area contributed by atoms with Gasteiger partial charge in [-0.05, 0) is 44.3 Å². The summed E-state index contributed by atoms with van der Waals surface area (Å²) >= 11 is 0. The molecule has 0 aromatic rings. The van der Waals surface area contributed by atoms with Crippen LogP contribution >= 0.6 is 0 Å². The van der Waals surface area contributed by atoms with Gasteiger partial charge in [0.05, 0.1) is 5.92 Å². The van der Waals surface area contributed by atoms with Gasteiger partial charge in [-0.25, -0.2) is 4.79 Å². The SMILES string of the molecule is CC1CN(C(=O)NCC2(C)CCN(C)CC2)CC1C(=O)O. The third-order valence-electron chi connectivity index (χ3n) is 5.08. The van der Waals surface area contributed by atoms with E-state index in [1.54, 1.807) is 4.90 Å². The van der Waals surface area contributed by atoms with E-state index in [4.69, 9.17) is 5.11 Å². The number of carbonyl (C=O) groups excluding carboxylic acids is 1. The van der Waals surface area contributed by atoms with Crippen LogP contribution in [0.3, 0.4) is 0 Å². The number of aliphatic carboxylic acids is 1. The van der Waals surface area contributed by atoms with E-state index in [2.05, 4.69) is 24.2 Å². The Kier molecular flexibility index (Phi) is 4.76. The topological polar surface area (TPSA) is 72.9 Å². The molecule has 2 heterocycles. The monoisotopic (exact) mass is 297 g/mol. The quantitative estimate of drug-likeness (QED) is 0.817. The maximum Gasteiger partial charge on any atom is 0.317 e. The molecule has 6 nitrogen and oxygen atoms in total. The molecule has 2 fully saturated rings. The fourth-order valence-corrected chi connectivity index (χ4v) is 3.19. The smallest absolute Gasteiger partial charge is 0.317 e. The lowest BCUT2D eigenvalue weighted by Gasteiger charge is -2.38. The van der Waals surface area contributed by atoms with Gasteiger partial charge >= 0.3 is 12.0 Å². The highest BCUT2D eigenvalue weighted by molar-refractivity contribution is 5.77. The number of likely N-dealkylation sites (tertiary alicyclic amines) is 2. The summed E-state index contributed by atoms with van der Waals surface area (Å²) in [6.07, 6.45) is 2.16. The van der Waals surface area contributed by atoms with Crippen LogP contribution in [0.4, 0.5) is 4.79 Å². The number of carboxylic acids is 1. The van der Waals surface area contributed by atoms with Crippen LogP contribution in [0.25, 0.3) is 0 Å². The van der Waals surface area contributed by atoms with Crippen LogP contribution < -0.4 is 5.32 Å². The van der Waals surface area contributed by atoms with E-state index in [9.17, 15) is 9.59 Å². The van der Waals surface area contributed by atoms with Crippen LogP contribution in [0, 0.1) is 17.3 Å². The lowest BCUT2D eigenvalue weighted by atomic mass is 9.80. The molecule has 21 heavy (non-hydrogen) atoms. The van der Waals surface area contributed by atoms with E-state index in [0.717, 1.165) is 25.9 Å². The molecule has 0 aromatic carbocycles. The van der Waals surface area contributed by atoms with Crippen LogP contribution in [-0.4, -0.2) is 66.7 Å². The Morgan fingerprint density at radius 2 is 1.90 bits per heavy atom. The Morgan fingerprint density at radius 1 is 1.29 bits per heavy atom. The third-order valence-corrected chi connectivity index (χ3v) is 5.08. The molecule has 0 aliphatic carbocycles. The molecule has 0 aromatic heterocycles. The first-order valence-corrected chi connectivity index (χ1v) is 7.75. The fourth-order valence-electron chi connectivity index (χ4n) is 3.19. The van der Waals surface area contributed by atoms with Crippen LogP contribution in [0.15, 0.2) is 0 Å². The number of amides is 2. The Hall–Kier alpha value is -1.30. The van der Waals surface area contributed by atoms with Gasteiger partial charge in [-0.15, -0.1) is 0 Å². The van der Waals surface area contributed by atoms with E-state index >= 15 is 0 Å². The van der Waals surface area contributed by atoms with Crippen molar-refractivity contribution in [2.45, 2.75) is 26.7 Å². The average Bonchev–Trinajstić information content (AvgIpc) is 2.82. The Balaban J connectivity index is 1.81. The highest BCUT2D eigenvalue weighted by Crippen LogP contribution is 2.29. The number of piperidine rings is 1. The van der Waals surface area contributed by atoms with Crippen molar-refractivity contribution in [1.29, 1.82) is 0 Å². The first-order chi connectivity index (χ1) is 9.81. The van der Waals surface area contributed by atoms with E-state index < -0.39 is 11.9 Å². The molecule has 2 rings (SSSR count). The van der Waals surface area contributed by atoms with Crippen molar-refractivity contribution in [3.8, 4) is 0 Å². The molecule has 0 spiro atoms. The minimum atomic E-state index is -0.805. The summed E-state index contributed by atoms with van der Waals surface area (Å²) in [6.45, 7) is 7.76. The molecule has 2 aliphatic heterocycles. The number of carbonyl (C=O) groups is 2. The van der Waals surface area contributed by atoms with Gasteiger partial charge in [-0.3, -0.25) is 4.79 Å². The van der Waals surface area contributed by atoms with Crippen molar-refractivity contribution in [3.63, 3.8) is 0 Å².